The third-order valence-electron chi connectivity index (χ3n) is 7.59. The molecule has 2 saturated carbocycles. The highest BCUT2D eigenvalue weighted by molar-refractivity contribution is 5.26. The summed E-state index contributed by atoms with van der Waals surface area (Å²) in [5.74, 6) is 7.19. The standard InChI is InChI=1S/C26H37NO/c1-24(2)17-23-18-25(3,19-24)20-27(23)16-10-9-15-26(28,22-13-7-8-14-22)21-11-5-4-6-12-21/h4-6,11-12,22-23,28H,7-8,13-20H2,1-3H3/t23-,25-,26-/m1/s1. The first-order valence-corrected chi connectivity index (χ1v) is 11.3. The molecule has 2 bridgehead atoms. The van der Waals surface area contributed by atoms with E-state index in [-0.39, 0.29) is 0 Å². The lowest BCUT2D eigenvalue weighted by molar-refractivity contribution is -0.0173. The van der Waals surface area contributed by atoms with Crippen molar-refractivity contribution in [3.63, 3.8) is 0 Å². The van der Waals surface area contributed by atoms with Crippen LogP contribution in [-0.2, 0) is 5.60 Å². The van der Waals surface area contributed by atoms with Crippen LogP contribution in [0.2, 0.25) is 0 Å². The molecule has 1 aromatic rings. The first kappa shape index (κ1) is 20.0. The molecule has 28 heavy (non-hydrogen) atoms. The van der Waals surface area contributed by atoms with Crippen LogP contribution < -0.4 is 0 Å². The van der Waals surface area contributed by atoms with E-state index in [1.807, 2.05) is 18.2 Å². The molecule has 0 aromatic heterocycles. The van der Waals surface area contributed by atoms with E-state index in [9.17, 15) is 5.11 Å². The normalized spacial score (nSPS) is 31.9. The summed E-state index contributed by atoms with van der Waals surface area (Å²) in [5, 5.41) is 11.6. The van der Waals surface area contributed by atoms with Gasteiger partial charge in [0.15, 0.2) is 0 Å². The molecular formula is C26H37NO. The number of nitrogens with zero attached hydrogens (tertiary/aromatic N) is 1. The molecule has 1 aliphatic heterocycles. The summed E-state index contributed by atoms with van der Waals surface area (Å²) in [7, 11) is 0. The van der Waals surface area contributed by atoms with Gasteiger partial charge in [-0.2, -0.15) is 0 Å². The molecule has 0 amide bonds. The summed E-state index contributed by atoms with van der Waals surface area (Å²) in [6.07, 6.45) is 9.21. The second-order valence-corrected chi connectivity index (χ2v) is 10.9. The van der Waals surface area contributed by atoms with Crippen molar-refractivity contribution in [2.75, 3.05) is 13.1 Å². The van der Waals surface area contributed by atoms with Gasteiger partial charge in [-0.05, 0) is 54.4 Å². The summed E-state index contributed by atoms with van der Waals surface area (Å²) in [4.78, 5) is 2.61. The molecule has 0 unspecified atom stereocenters. The van der Waals surface area contributed by atoms with Crippen molar-refractivity contribution in [3.8, 4) is 11.8 Å². The molecule has 152 valence electrons. The topological polar surface area (TPSA) is 23.5 Å². The predicted octanol–water partition coefficient (Wildman–Crippen LogP) is 5.36. The molecule has 3 atom stereocenters. The average molecular weight is 380 g/mol. The lowest BCUT2D eigenvalue weighted by Gasteiger charge is -2.39. The minimum atomic E-state index is -0.792. The minimum Gasteiger partial charge on any atom is -0.384 e. The summed E-state index contributed by atoms with van der Waals surface area (Å²) in [6, 6.07) is 10.9. The van der Waals surface area contributed by atoms with E-state index >= 15 is 0 Å². The third-order valence-corrected chi connectivity index (χ3v) is 7.59. The van der Waals surface area contributed by atoms with Crippen LogP contribution in [0.25, 0.3) is 0 Å². The smallest absolute Gasteiger partial charge is 0.103 e. The Balaban J connectivity index is 1.44. The van der Waals surface area contributed by atoms with E-state index in [2.05, 4.69) is 49.6 Å². The van der Waals surface area contributed by atoms with Crippen LogP contribution in [0.1, 0.15) is 77.7 Å². The SMILES string of the molecule is CC1(C)C[C@@H]2C[C@@](C)(CN2CC#CC[C@@](O)(c2ccccc2)C2CCCC2)C1. The van der Waals surface area contributed by atoms with Crippen molar-refractivity contribution >= 4 is 0 Å². The Morgan fingerprint density at radius 3 is 2.50 bits per heavy atom. The number of hydrogen-bond acceptors (Lipinski definition) is 2. The fourth-order valence-corrected chi connectivity index (χ4v) is 6.73. The quantitative estimate of drug-likeness (QED) is 0.712. The van der Waals surface area contributed by atoms with E-state index < -0.39 is 5.60 Å². The van der Waals surface area contributed by atoms with E-state index in [0.29, 0.717) is 29.2 Å². The van der Waals surface area contributed by atoms with Crippen LogP contribution in [0.5, 0.6) is 0 Å². The van der Waals surface area contributed by atoms with Gasteiger partial charge in [0, 0.05) is 19.0 Å². The Hall–Kier alpha value is -1.30. The summed E-state index contributed by atoms with van der Waals surface area (Å²) >= 11 is 0. The Morgan fingerprint density at radius 1 is 1.07 bits per heavy atom. The van der Waals surface area contributed by atoms with E-state index in [1.54, 1.807) is 0 Å². The number of fused-ring (bicyclic) bond motifs is 2. The number of benzene rings is 1. The van der Waals surface area contributed by atoms with Crippen LogP contribution in [-0.4, -0.2) is 29.1 Å². The molecular weight excluding hydrogens is 342 g/mol. The second kappa shape index (κ2) is 7.51. The highest BCUT2D eigenvalue weighted by atomic mass is 16.3. The van der Waals surface area contributed by atoms with E-state index in [0.717, 1.165) is 24.9 Å². The lowest BCUT2D eigenvalue weighted by atomic mass is 9.65. The van der Waals surface area contributed by atoms with Gasteiger partial charge >= 0.3 is 0 Å². The lowest BCUT2D eigenvalue weighted by Crippen LogP contribution is -2.35. The van der Waals surface area contributed by atoms with Crippen molar-refractivity contribution in [1.82, 2.24) is 4.90 Å². The average Bonchev–Trinajstić information content (AvgIpc) is 3.25. The van der Waals surface area contributed by atoms with Gasteiger partial charge in [0.05, 0.1) is 6.54 Å². The van der Waals surface area contributed by atoms with Crippen molar-refractivity contribution in [1.29, 1.82) is 0 Å². The molecule has 0 spiro atoms. The predicted molar refractivity (Wildman–Crippen MR) is 116 cm³/mol. The highest BCUT2D eigenvalue weighted by Crippen LogP contribution is 2.52. The van der Waals surface area contributed by atoms with Gasteiger partial charge in [0.2, 0.25) is 0 Å². The van der Waals surface area contributed by atoms with E-state index in [1.165, 1.54) is 38.6 Å². The number of hydrogen-bond donors (Lipinski definition) is 1. The van der Waals surface area contributed by atoms with Crippen molar-refractivity contribution in [2.24, 2.45) is 16.7 Å². The highest BCUT2D eigenvalue weighted by Gasteiger charge is 2.49. The van der Waals surface area contributed by atoms with Gasteiger partial charge in [-0.3, -0.25) is 4.90 Å². The van der Waals surface area contributed by atoms with Crippen LogP contribution in [0.3, 0.4) is 0 Å². The van der Waals surface area contributed by atoms with Gasteiger partial charge in [-0.1, -0.05) is 75.8 Å². The molecule has 1 saturated heterocycles. The minimum absolute atomic E-state index is 0.343. The van der Waals surface area contributed by atoms with Crippen LogP contribution in [0.15, 0.2) is 30.3 Å². The fraction of sp³-hybridized carbons (Fsp3) is 0.692. The molecule has 1 aromatic carbocycles. The summed E-state index contributed by atoms with van der Waals surface area (Å²) < 4.78 is 0. The van der Waals surface area contributed by atoms with Crippen molar-refractivity contribution in [3.05, 3.63) is 35.9 Å². The molecule has 2 nitrogen and oxygen atoms in total. The number of aliphatic hydroxyl groups is 1. The zero-order chi connectivity index (χ0) is 19.8. The molecule has 2 heteroatoms. The number of rotatable bonds is 4. The maximum absolute atomic E-state index is 11.6. The van der Waals surface area contributed by atoms with Gasteiger partial charge in [-0.15, -0.1) is 0 Å². The van der Waals surface area contributed by atoms with Crippen LogP contribution in [0.4, 0.5) is 0 Å². The Morgan fingerprint density at radius 2 is 1.79 bits per heavy atom. The first-order valence-electron chi connectivity index (χ1n) is 11.3. The van der Waals surface area contributed by atoms with E-state index in [4.69, 9.17) is 0 Å². The maximum Gasteiger partial charge on any atom is 0.103 e. The Kier molecular flexibility index (Phi) is 5.36. The second-order valence-electron chi connectivity index (χ2n) is 10.9. The van der Waals surface area contributed by atoms with Crippen LogP contribution in [0, 0.1) is 28.6 Å². The molecule has 2 aliphatic carbocycles. The monoisotopic (exact) mass is 379 g/mol. The fourth-order valence-electron chi connectivity index (χ4n) is 6.73. The molecule has 3 aliphatic rings. The van der Waals surface area contributed by atoms with Gasteiger partial charge in [0.25, 0.3) is 0 Å². The Bertz CT molecular complexity index is 739. The number of likely N-dealkylation sites (tertiary alicyclic amines) is 1. The largest absolute Gasteiger partial charge is 0.384 e. The Labute approximate surface area is 171 Å². The van der Waals surface area contributed by atoms with Crippen molar-refractivity contribution < 1.29 is 5.11 Å². The van der Waals surface area contributed by atoms with Crippen LogP contribution >= 0.6 is 0 Å². The van der Waals surface area contributed by atoms with Gasteiger partial charge in [0.1, 0.15) is 5.60 Å². The van der Waals surface area contributed by atoms with Gasteiger partial charge < -0.3 is 5.11 Å². The zero-order valence-corrected chi connectivity index (χ0v) is 18.0. The first-order chi connectivity index (χ1) is 13.3. The summed E-state index contributed by atoms with van der Waals surface area (Å²) in [5.41, 5.74) is 1.17. The molecule has 1 N–H and O–H groups in total. The van der Waals surface area contributed by atoms with Crippen molar-refractivity contribution in [2.45, 2.75) is 83.8 Å². The van der Waals surface area contributed by atoms with Gasteiger partial charge in [-0.25, -0.2) is 0 Å². The summed E-state index contributed by atoms with van der Waals surface area (Å²) in [6.45, 7) is 9.35. The molecule has 4 rings (SSSR count). The molecule has 0 radical (unpaired) electrons. The zero-order valence-electron chi connectivity index (χ0n) is 18.0. The third kappa shape index (κ3) is 4.03. The molecule has 3 fully saturated rings. The molecule has 1 heterocycles. The maximum atomic E-state index is 11.6.